The van der Waals surface area contributed by atoms with Crippen LogP contribution in [0.2, 0.25) is 0 Å². The molecule has 0 aliphatic carbocycles. The zero-order valence-corrected chi connectivity index (χ0v) is 12.4. The monoisotopic (exact) mass is 288 g/mol. The van der Waals surface area contributed by atoms with Gasteiger partial charge in [0.05, 0.1) is 0 Å². The minimum atomic E-state index is -0.654. The third-order valence-corrected chi connectivity index (χ3v) is 5.09. The Morgan fingerprint density at radius 2 is 2.00 bits per heavy atom. The number of rotatable bonds is 4. The largest absolute Gasteiger partial charge is 0.480 e. The Morgan fingerprint density at radius 1 is 1.29 bits per heavy atom. The Hall–Kier alpha value is -1.39. The van der Waals surface area contributed by atoms with Crippen molar-refractivity contribution in [3.8, 4) is 0 Å². The van der Waals surface area contributed by atoms with Crippen LogP contribution in [-0.4, -0.2) is 48.2 Å². The van der Waals surface area contributed by atoms with E-state index in [-0.39, 0.29) is 11.5 Å². The van der Waals surface area contributed by atoms with Gasteiger partial charge in [-0.25, -0.2) is 0 Å². The SMILES string of the molecule is O=C(O)[C@H]1CC2(CCNCC2)CN1CCc1ccccc1. The second-order valence-corrected chi connectivity index (χ2v) is 6.51. The van der Waals surface area contributed by atoms with Crippen LogP contribution in [0, 0.1) is 5.41 Å². The average molecular weight is 288 g/mol. The second kappa shape index (κ2) is 6.16. The summed E-state index contributed by atoms with van der Waals surface area (Å²) in [6.45, 7) is 3.84. The summed E-state index contributed by atoms with van der Waals surface area (Å²) < 4.78 is 0. The molecule has 1 aromatic rings. The van der Waals surface area contributed by atoms with Crippen molar-refractivity contribution in [2.75, 3.05) is 26.2 Å². The highest BCUT2D eigenvalue weighted by atomic mass is 16.4. The average Bonchev–Trinajstić information content (AvgIpc) is 2.86. The van der Waals surface area contributed by atoms with Gasteiger partial charge in [0, 0.05) is 13.1 Å². The summed E-state index contributed by atoms with van der Waals surface area (Å²) in [5, 5.41) is 12.9. The number of carboxylic acid groups (broad SMARTS) is 1. The Labute approximate surface area is 126 Å². The molecule has 2 aliphatic rings. The number of hydrogen-bond acceptors (Lipinski definition) is 3. The summed E-state index contributed by atoms with van der Waals surface area (Å²) in [5.41, 5.74) is 1.51. The van der Waals surface area contributed by atoms with Crippen molar-refractivity contribution < 1.29 is 9.90 Å². The Balaban J connectivity index is 1.66. The summed E-state index contributed by atoms with van der Waals surface area (Å²) in [5.74, 6) is -0.654. The third kappa shape index (κ3) is 3.27. The molecule has 0 radical (unpaired) electrons. The van der Waals surface area contributed by atoms with Crippen LogP contribution in [-0.2, 0) is 11.2 Å². The van der Waals surface area contributed by atoms with Gasteiger partial charge in [-0.3, -0.25) is 9.69 Å². The first-order valence-corrected chi connectivity index (χ1v) is 7.90. The molecule has 3 rings (SSSR count). The molecule has 4 heteroatoms. The molecule has 1 aromatic carbocycles. The molecule has 1 spiro atoms. The molecular formula is C17H24N2O2. The van der Waals surface area contributed by atoms with Crippen LogP contribution in [0.1, 0.15) is 24.8 Å². The maximum Gasteiger partial charge on any atom is 0.320 e. The molecule has 114 valence electrons. The van der Waals surface area contributed by atoms with Gasteiger partial charge in [0.25, 0.3) is 0 Å². The van der Waals surface area contributed by atoms with Gasteiger partial charge in [-0.15, -0.1) is 0 Å². The highest BCUT2D eigenvalue weighted by molar-refractivity contribution is 5.74. The molecule has 0 aromatic heterocycles. The topological polar surface area (TPSA) is 52.6 Å². The standard InChI is InChI=1S/C17H24N2O2/c20-16(21)15-12-17(7-9-18-10-8-17)13-19(15)11-6-14-4-2-1-3-5-14/h1-5,15,18H,6-13H2,(H,20,21)/t15-/m1/s1. The minimum Gasteiger partial charge on any atom is -0.480 e. The van der Waals surface area contributed by atoms with Gasteiger partial charge in [-0.2, -0.15) is 0 Å². The van der Waals surface area contributed by atoms with E-state index in [9.17, 15) is 9.90 Å². The molecular weight excluding hydrogens is 264 g/mol. The summed E-state index contributed by atoms with van der Waals surface area (Å²) in [4.78, 5) is 13.8. The van der Waals surface area contributed by atoms with Crippen molar-refractivity contribution in [2.24, 2.45) is 5.41 Å². The van der Waals surface area contributed by atoms with Gasteiger partial charge in [0.2, 0.25) is 0 Å². The fourth-order valence-corrected chi connectivity index (χ4v) is 3.86. The molecule has 21 heavy (non-hydrogen) atoms. The molecule has 0 bridgehead atoms. The van der Waals surface area contributed by atoms with Crippen molar-refractivity contribution in [3.63, 3.8) is 0 Å². The highest BCUT2D eigenvalue weighted by Crippen LogP contribution is 2.41. The van der Waals surface area contributed by atoms with E-state index in [4.69, 9.17) is 0 Å². The van der Waals surface area contributed by atoms with Crippen LogP contribution < -0.4 is 5.32 Å². The van der Waals surface area contributed by atoms with Crippen molar-refractivity contribution in [3.05, 3.63) is 35.9 Å². The molecule has 2 fully saturated rings. The van der Waals surface area contributed by atoms with E-state index in [1.165, 1.54) is 5.56 Å². The first kappa shape index (κ1) is 14.5. The molecule has 0 amide bonds. The number of nitrogens with zero attached hydrogens (tertiary/aromatic N) is 1. The Morgan fingerprint density at radius 3 is 2.67 bits per heavy atom. The van der Waals surface area contributed by atoms with Gasteiger partial charge < -0.3 is 10.4 Å². The third-order valence-electron chi connectivity index (χ3n) is 5.09. The number of carbonyl (C=O) groups is 1. The molecule has 1 atom stereocenters. The summed E-state index contributed by atoms with van der Waals surface area (Å²) in [6, 6.07) is 10.0. The normalized spacial score (nSPS) is 25.2. The molecule has 4 nitrogen and oxygen atoms in total. The fourth-order valence-electron chi connectivity index (χ4n) is 3.86. The zero-order valence-electron chi connectivity index (χ0n) is 12.4. The molecule has 2 saturated heterocycles. The van der Waals surface area contributed by atoms with Crippen LogP contribution in [0.5, 0.6) is 0 Å². The van der Waals surface area contributed by atoms with E-state index < -0.39 is 5.97 Å². The zero-order chi connectivity index (χ0) is 14.7. The molecule has 0 unspecified atom stereocenters. The van der Waals surface area contributed by atoms with Crippen LogP contribution >= 0.6 is 0 Å². The van der Waals surface area contributed by atoms with Crippen LogP contribution in [0.3, 0.4) is 0 Å². The highest BCUT2D eigenvalue weighted by Gasteiger charge is 2.46. The molecule has 2 N–H and O–H groups in total. The minimum absolute atomic E-state index is 0.227. The van der Waals surface area contributed by atoms with E-state index in [0.29, 0.717) is 0 Å². The second-order valence-electron chi connectivity index (χ2n) is 6.51. The predicted octanol–water partition coefficient (Wildman–Crippen LogP) is 1.76. The maximum absolute atomic E-state index is 11.6. The first-order chi connectivity index (χ1) is 10.2. The Kier molecular flexibility index (Phi) is 4.27. The predicted molar refractivity (Wildman–Crippen MR) is 82.3 cm³/mol. The van der Waals surface area contributed by atoms with Gasteiger partial charge in [0.1, 0.15) is 6.04 Å². The number of aliphatic carboxylic acids is 1. The van der Waals surface area contributed by atoms with Crippen LogP contribution in [0.15, 0.2) is 30.3 Å². The van der Waals surface area contributed by atoms with Crippen molar-refractivity contribution in [1.29, 1.82) is 0 Å². The lowest BCUT2D eigenvalue weighted by Gasteiger charge is -2.33. The van der Waals surface area contributed by atoms with Crippen molar-refractivity contribution in [2.45, 2.75) is 31.7 Å². The van der Waals surface area contributed by atoms with Gasteiger partial charge in [-0.1, -0.05) is 30.3 Å². The lowest BCUT2D eigenvalue weighted by atomic mass is 9.77. The summed E-state index contributed by atoms with van der Waals surface area (Å²) in [7, 11) is 0. The van der Waals surface area contributed by atoms with Crippen molar-refractivity contribution >= 4 is 5.97 Å². The van der Waals surface area contributed by atoms with Gasteiger partial charge in [-0.05, 0) is 49.8 Å². The Bertz CT molecular complexity index is 483. The summed E-state index contributed by atoms with van der Waals surface area (Å²) >= 11 is 0. The van der Waals surface area contributed by atoms with Crippen LogP contribution in [0.25, 0.3) is 0 Å². The quantitative estimate of drug-likeness (QED) is 0.886. The first-order valence-electron chi connectivity index (χ1n) is 7.90. The lowest BCUT2D eigenvalue weighted by molar-refractivity contribution is -0.142. The maximum atomic E-state index is 11.6. The number of likely N-dealkylation sites (tertiary alicyclic amines) is 1. The van der Waals surface area contributed by atoms with Gasteiger partial charge >= 0.3 is 5.97 Å². The lowest BCUT2D eigenvalue weighted by Crippen LogP contribution is -2.39. The summed E-state index contributed by atoms with van der Waals surface area (Å²) in [6.07, 6.45) is 3.97. The van der Waals surface area contributed by atoms with E-state index in [0.717, 1.165) is 51.9 Å². The number of hydrogen-bond donors (Lipinski definition) is 2. The van der Waals surface area contributed by atoms with E-state index in [1.54, 1.807) is 0 Å². The van der Waals surface area contributed by atoms with E-state index >= 15 is 0 Å². The van der Waals surface area contributed by atoms with E-state index in [2.05, 4.69) is 22.3 Å². The number of nitrogens with one attached hydrogen (secondary N) is 1. The fraction of sp³-hybridized carbons (Fsp3) is 0.588. The molecule has 0 saturated carbocycles. The molecule has 2 aliphatic heterocycles. The number of piperidine rings is 1. The van der Waals surface area contributed by atoms with Gasteiger partial charge in [0.15, 0.2) is 0 Å². The van der Waals surface area contributed by atoms with Crippen molar-refractivity contribution in [1.82, 2.24) is 10.2 Å². The number of carboxylic acids is 1. The van der Waals surface area contributed by atoms with E-state index in [1.807, 2.05) is 18.2 Å². The molecule has 2 heterocycles. The van der Waals surface area contributed by atoms with Crippen LogP contribution in [0.4, 0.5) is 0 Å². The smallest absolute Gasteiger partial charge is 0.320 e. The number of benzene rings is 1.